The van der Waals surface area contributed by atoms with Crippen LogP contribution in [-0.2, 0) is 20.7 Å². The molecule has 1 aromatic carbocycles. The molecular weight excluding hydrogens is 307 g/mol. The van der Waals surface area contributed by atoms with E-state index in [0.717, 1.165) is 0 Å². The Morgan fingerprint density at radius 1 is 1.39 bits per heavy atom. The molecule has 2 N–H and O–H groups in total. The molecule has 0 saturated carbocycles. The first-order valence-electron chi connectivity index (χ1n) is 6.72. The number of nitrogens with one attached hydrogen (secondary N) is 1. The number of oxazole rings is 1. The fourth-order valence-corrected chi connectivity index (χ4v) is 1.82. The number of hydrogen-bond acceptors (Lipinski definition) is 5. The molecule has 0 aliphatic rings. The Morgan fingerprint density at radius 2 is 2.09 bits per heavy atom. The summed E-state index contributed by atoms with van der Waals surface area (Å²) in [4.78, 5) is 26.6. The van der Waals surface area contributed by atoms with Gasteiger partial charge in [0.15, 0.2) is 6.10 Å². The molecule has 1 amide bonds. The Hall–Kier alpha value is -2.74. The van der Waals surface area contributed by atoms with Gasteiger partial charge in [-0.15, -0.1) is 0 Å². The number of rotatable bonds is 7. The van der Waals surface area contributed by atoms with E-state index in [1.165, 1.54) is 37.6 Å². The summed E-state index contributed by atoms with van der Waals surface area (Å²) in [5, 5.41) is 11.2. The molecule has 23 heavy (non-hydrogen) atoms. The number of ether oxygens (including phenoxy) is 1. The van der Waals surface area contributed by atoms with Crippen LogP contribution in [0.1, 0.15) is 5.69 Å². The molecule has 0 bridgehead atoms. The summed E-state index contributed by atoms with van der Waals surface area (Å²) in [6, 6.07) is 5.59. The van der Waals surface area contributed by atoms with Gasteiger partial charge in [-0.2, -0.15) is 0 Å². The predicted octanol–water partition coefficient (Wildman–Crippen LogP) is 1.24. The highest BCUT2D eigenvalue weighted by Gasteiger charge is 2.18. The number of carboxylic acid groups (broad SMARTS) is 1. The van der Waals surface area contributed by atoms with Crippen LogP contribution in [0, 0.1) is 5.82 Å². The number of aromatic nitrogens is 1. The first-order chi connectivity index (χ1) is 11.0. The van der Waals surface area contributed by atoms with Crippen molar-refractivity contribution in [1.82, 2.24) is 10.3 Å². The van der Waals surface area contributed by atoms with Crippen LogP contribution in [-0.4, -0.2) is 41.7 Å². The molecule has 1 heterocycles. The lowest BCUT2D eigenvalue weighted by molar-refractivity contribution is -0.148. The number of nitrogens with zero attached hydrogens (tertiary/aromatic N) is 1. The SMILES string of the molecule is COC(CNC(=O)Cc1coc(-c2ccc(F)cc2)n1)C(=O)O. The Bertz CT molecular complexity index is 683. The largest absolute Gasteiger partial charge is 0.479 e. The van der Waals surface area contributed by atoms with Crippen molar-refractivity contribution in [2.75, 3.05) is 13.7 Å². The summed E-state index contributed by atoms with van der Waals surface area (Å²) >= 11 is 0. The van der Waals surface area contributed by atoms with Gasteiger partial charge in [0, 0.05) is 12.7 Å². The third-order valence-corrected chi connectivity index (χ3v) is 3.03. The number of carbonyl (C=O) groups is 2. The van der Waals surface area contributed by atoms with Gasteiger partial charge >= 0.3 is 5.97 Å². The third kappa shape index (κ3) is 4.62. The number of aliphatic carboxylic acids is 1. The number of amides is 1. The van der Waals surface area contributed by atoms with Gasteiger partial charge in [-0.1, -0.05) is 0 Å². The van der Waals surface area contributed by atoms with E-state index < -0.39 is 18.0 Å². The maximum Gasteiger partial charge on any atom is 0.334 e. The molecule has 8 heteroatoms. The minimum absolute atomic E-state index is 0.0687. The Labute approximate surface area is 131 Å². The summed E-state index contributed by atoms with van der Waals surface area (Å²) in [5.74, 6) is -1.67. The van der Waals surface area contributed by atoms with Crippen molar-refractivity contribution in [3.8, 4) is 11.5 Å². The minimum Gasteiger partial charge on any atom is -0.479 e. The minimum atomic E-state index is -1.16. The van der Waals surface area contributed by atoms with E-state index in [1.54, 1.807) is 0 Å². The van der Waals surface area contributed by atoms with Gasteiger partial charge in [0.05, 0.1) is 18.7 Å². The Morgan fingerprint density at radius 3 is 2.70 bits per heavy atom. The zero-order chi connectivity index (χ0) is 16.8. The molecule has 1 atom stereocenters. The molecule has 122 valence electrons. The van der Waals surface area contributed by atoms with Crippen molar-refractivity contribution in [2.24, 2.45) is 0 Å². The van der Waals surface area contributed by atoms with Crippen molar-refractivity contribution >= 4 is 11.9 Å². The Balaban J connectivity index is 1.92. The summed E-state index contributed by atoms with van der Waals surface area (Å²) < 4.78 is 22.8. The van der Waals surface area contributed by atoms with Gasteiger partial charge < -0.3 is 19.6 Å². The van der Waals surface area contributed by atoms with Gasteiger partial charge in [0.2, 0.25) is 11.8 Å². The van der Waals surface area contributed by atoms with Crippen molar-refractivity contribution in [1.29, 1.82) is 0 Å². The molecule has 2 aromatic rings. The average Bonchev–Trinajstić information content (AvgIpc) is 2.96. The summed E-state index contributed by atoms with van der Waals surface area (Å²) in [6.07, 6.45) is 0.148. The van der Waals surface area contributed by atoms with Crippen LogP contribution in [0.25, 0.3) is 11.5 Å². The van der Waals surface area contributed by atoms with Crippen molar-refractivity contribution < 1.29 is 28.2 Å². The number of benzene rings is 1. The highest BCUT2D eigenvalue weighted by molar-refractivity contribution is 5.79. The summed E-state index contributed by atoms with van der Waals surface area (Å²) in [5.41, 5.74) is 0.967. The normalized spacial score (nSPS) is 11.9. The average molecular weight is 322 g/mol. The van der Waals surface area contributed by atoms with Gasteiger partial charge in [-0.25, -0.2) is 14.2 Å². The van der Waals surface area contributed by atoms with Crippen molar-refractivity contribution in [2.45, 2.75) is 12.5 Å². The van der Waals surface area contributed by atoms with Gasteiger partial charge in [-0.05, 0) is 24.3 Å². The molecule has 7 nitrogen and oxygen atoms in total. The van der Waals surface area contributed by atoms with Gasteiger partial charge in [0.25, 0.3) is 0 Å². The third-order valence-electron chi connectivity index (χ3n) is 3.03. The quantitative estimate of drug-likeness (QED) is 0.795. The number of halogens is 1. The lowest BCUT2D eigenvalue weighted by Gasteiger charge is -2.10. The Kier molecular flexibility index (Phi) is 5.42. The molecule has 0 radical (unpaired) electrons. The van der Waals surface area contributed by atoms with E-state index in [2.05, 4.69) is 10.3 Å². The fourth-order valence-electron chi connectivity index (χ4n) is 1.82. The predicted molar refractivity (Wildman–Crippen MR) is 77.0 cm³/mol. The summed E-state index contributed by atoms with van der Waals surface area (Å²) in [7, 11) is 1.25. The number of carboxylic acids is 1. The van der Waals surface area contributed by atoms with E-state index in [4.69, 9.17) is 14.3 Å². The highest BCUT2D eigenvalue weighted by Crippen LogP contribution is 2.19. The van der Waals surface area contributed by atoms with Crippen LogP contribution in [0.15, 0.2) is 34.9 Å². The van der Waals surface area contributed by atoms with Crippen LogP contribution < -0.4 is 5.32 Å². The van der Waals surface area contributed by atoms with Crippen LogP contribution in [0.4, 0.5) is 4.39 Å². The van der Waals surface area contributed by atoms with E-state index in [0.29, 0.717) is 11.3 Å². The molecule has 0 saturated heterocycles. The number of hydrogen-bond donors (Lipinski definition) is 2. The van der Waals surface area contributed by atoms with Gasteiger partial charge in [0.1, 0.15) is 12.1 Å². The monoisotopic (exact) mass is 322 g/mol. The van der Waals surface area contributed by atoms with Crippen molar-refractivity contribution in [3.05, 3.63) is 42.0 Å². The van der Waals surface area contributed by atoms with E-state index in [9.17, 15) is 14.0 Å². The molecule has 0 aliphatic carbocycles. The first kappa shape index (κ1) is 16.6. The first-order valence-corrected chi connectivity index (χ1v) is 6.72. The van der Waals surface area contributed by atoms with Crippen LogP contribution in [0.3, 0.4) is 0 Å². The number of methoxy groups -OCH3 is 1. The molecule has 1 unspecified atom stereocenters. The second-order valence-electron chi connectivity index (χ2n) is 4.69. The van der Waals surface area contributed by atoms with Crippen molar-refractivity contribution in [3.63, 3.8) is 0 Å². The summed E-state index contributed by atoms with van der Waals surface area (Å²) in [6.45, 7) is -0.145. The molecule has 0 aliphatic heterocycles. The fraction of sp³-hybridized carbons (Fsp3) is 0.267. The molecule has 2 rings (SSSR count). The van der Waals surface area contributed by atoms with Crippen LogP contribution in [0.5, 0.6) is 0 Å². The standard InChI is InChI=1S/C15H15FN2O5/c1-22-12(15(20)21)7-17-13(19)6-11-8-23-14(18-11)9-2-4-10(16)5-3-9/h2-5,8,12H,6-7H2,1H3,(H,17,19)(H,20,21). The molecule has 0 fully saturated rings. The smallest absolute Gasteiger partial charge is 0.334 e. The topological polar surface area (TPSA) is 102 Å². The lowest BCUT2D eigenvalue weighted by atomic mass is 10.2. The lowest BCUT2D eigenvalue weighted by Crippen LogP contribution is -2.38. The van der Waals surface area contributed by atoms with Crippen LogP contribution in [0.2, 0.25) is 0 Å². The maximum absolute atomic E-state index is 12.9. The van der Waals surface area contributed by atoms with E-state index >= 15 is 0 Å². The number of carbonyl (C=O) groups excluding carboxylic acids is 1. The second kappa shape index (κ2) is 7.50. The maximum atomic E-state index is 12.9. The van der Waals surface area contributed by atoms with Gasteiger partial charge in [-0.3, -0.25) is 4.79 Å². The zero-order valence-electron chi connectivity index (χ0n) is 12.3. The molecule has 1 aromatic heterocycles. The van der Waals surface area contributed by atoms with E-state index in [-0.39, 0.29) is 24.7 Å². The second-order valence-corrected chi connectivity index (χ2v) is 4.69. The molecule has 0 spiro atoms. The zero-order valence-corrected chi connectivity index (χ0v) is 12.3. The van der Waals surface area contributed by atoms with E-state index in [1.807, 2.05) is 0 Å². The highest BCUT2D eigenvalue weighted by atomic mass is 19.1. The molecular formula is C15H15FN2O5. The van der Waals surface area contributed by atoms with Crippen LogP contribution >= 0.6 is 0 Å².